The number of rotatable bonds is 10. The molecule has 2 N–H and O–H groups in total. The summed E-state index contributed by atoms with van der Waals surface area (Å²) < 4.78 is 20.8. The van der Waals surface area contributed by atoms with E-state index in [2.05, 4.69) is 36.5 Å². The molecule has 0 saturated heterocycles. The molecule has 0 heterocycles. The van der Waals surface area contributed by atoms with Crippen LogP contribution in [0.2, 0.25) is 0 Å². The Morgan fingerprint density at radius 3 is 2.53 bits per heavy atom. The van der Waals surface area contributed by atoms with Crippen LogP contribution in [0, 0.1) is 0 Å². The molecule has 2 amide bonds. The maximum Gasteiger partial charge on any atom is 0.343 e. The molecule has 0 fully saturated rings. The number of carbonyl (C=O) groups is 3. The van der Waals surface area contributed by atoms with Crippen LogP contribution in [0.15, 0.2) is 46.0 Å². The number of nitrogens with zero attached hydrogens (tertiary/aromatic N) is 1. The highest BCUT2D eigenvalue weighted by Crippen LogP contribution is 2.36. The lowest BCUT2D eigenvalue weighted by molar-refractivity contribution is -0.143. The third-order valence-electron chi connectivity index (χ3n) is 3.89. The fourth-order valence-corrected chi connectivity index (χ4v) is 2.99. The first-order valence-electron chi connectivity index (χ1n) is 9.19. The van der Waals surface area contributed by atoms with Gasteiger partial charge >= 0.3 is 5.97 Å². The Hall–Kier alpha value is -3.60. The van der Waals surface area contributed by atoms with E-state index < -0.39 is 24.2 Å². The monoisotopic (exact) mass is 507 g/mol. The van der Waals surface area contributed by atoms with E-state index >= 15 is 0 Å². The fraction of sp³-hybridized carbons (Fsp3) is 0.238. The number of anilines is 1. The van der Waals surface area contributed by atoms with Gasteiger partial charge in [0.25, 0.3) is 0 Å². The van der Waals surface area contributed by atoms with Crippen LogP contribution in [0.1, 0.15) is 12.0 Å². The van der Waals surface area contributed by atoms with Crippen LogP contribution in [-0.4, -0.2) is 51.9 Å². The predicted molar refractivity (Wildman–Crippen MR) is 120 cm³/mol. The predicted octanol–water partition coefficient (Wildman–Crippen LogP) is 2.50. The van der Waals surface area contributed by atoms with Crippen molar-refractivity contribution < 1.29 is 33.3 Å². The summed E-state index contributed by atoms with van der Waals surface area (Å²) in [7, 11) is 4.22. The van der Waals surface area contributed by atoms with Crippen LogP contribution in [0.25, 0.3) is 0 Å². The Morgan fingerprint density at radius 2 is 1.84 bits per heavy atom. The maximum atomic E-state index is 12.0. The van der Waals surface area contributed by atoms with Crippen LogP contribution in [-0.2, 0) is 19.1 Å². The number of hydrogen-bond acceptors (Lipinski definition) is 8. The molecule has 2 aromatic rings. The molecule has 0 aliphatic heterocycles. The van der Waals surface area contributed by atoms with Gasteiger partial charge in [0.05, 0.1) is 32.0 Å². The zero-order valence-corrected chi connectivity index (χ0v) is 19.2. The zero-order valence-electron chi connectivity index (χ0n) is 17.6. The van der Waals surface area contributed by atoms with Gasteiger partial charge in [0.15, 0.2) is 18.1 Å². The summed E-state index contributed by atoms with van der Waals surface area (Å²) in [6.07, 6.45) is 0.955. The quantitative estimate of drug-likeness (QED) is 0.219. The van der Waals surface area contributed by atoms with Crippen molar-refractivity contribution in [2.45, 2.75) is 6.42 Å². The van der Waals surface area contributed by atoms with E-state index in [-0.39, 0.29) is 6.61 Å². The number of hydrazone groups is 1. The number of hydrogen-bond donors (Lipinski definition) is 2. The lowest BCUT2D eigenvalue weighted by Crippen LogP contribution is -2.24. The summed E-state index contributed by atoms with van der Waals surface area (Å²) in [6.45, 7) is -0.285. The first-order chi connectivity index (χ1) is 15.4. The van der Waals surface area contributed by atoms with E-state index in [0.29, 0.717) is 33.0 Å². The van der Waals surface area contributed by atoms with Gasteiger partial charge in [0.1, 0.15) is 12.2 Å². The molecule has 10 nitrogen and oxygen atoms in total. The van der Waals surface area contributed by atoms with Gasteiger partial charge in [0.2, 0.25) is 11.8 Å². The summed E-state index contributed by atoms with van der Waals surface area (Å²) in [4.78, 5) is 35.3. The Labute approximate surface area is 193 Å². The van der Waals surface area contributed by atoms with E-state index in [1.165, 1.54) is 27.5 Å². The number of benzene rings is 2. The average molecular weight is 508 g/mol. The zero-order chi connectivity index (χ0) is 23.5. The normalized spacial score (nSPS) is 10.4. The topological polar surface area (TPSA) is 125 Å². The molecule has 0 aliphatic rings. The summed E-state index contributed by atoms with van der Waals surface area (Å²) in [6, 6.07) is 10.0. The van der Waals surface area contributed by atoms with Gasteiger partial charge in [-0.3, -0.25) is 9.59 Å². The number of methoxy groups -OCH3 is 3. The first kappa shape index (κ1) is 24.7. The summed E-state index contributed by atoms with van der Waals surface area (Å²) >= 11 is 3.34. The average Bonchev–Trinajstić information content (AvgIpc) is 2.77. The second kappa shape index (κ2) is 12.3. The van der Waals surface area contributed by atoms with Crippen molar-refractivity contribution in [1.82, 2.24) is 5.43 Å². The van der Waals surface area contributed by atoms with Crippen molar-refractivity contribution >= 4 is 45.6 Å². The number of carbonyl (C=O) groups excluding carboxylic acids is 3. The fourth-order valence-electron chi connectivity index (χ4n) is 2.41. The van der Waals surface area contributed by atoms with E-state index in [1.54, 1.807) is 36.4 Å². The Morgan fingerprint density at radius 1 is 1.06 bits per heavy atom. The largest absolute Gasteiger partial charge is 0.497 e. The van der Waals surface area contributed by atoms with Gasteiger partial charge in [-0.2, -0.15) is 5.10 Å². The van der Waals surface area contributed by atoms with Crippen molar-refractivity contribution in [3.8, 4) is 17.2 Å². The van der Waals surface area contributed by atoms with Gasteiger partial charge < -0.3 is 24.3 Å². The summed E-state index contributed by atoms with van der Waals surface area (Å²) in [5, 5.41) is 6.45. The number of halogens is 1. The molecule has 0 aromatic heterocycles. The van der Waals surface area contributed by atoms with E-state index in [4.69, 9.17) is 14.2 Å². The Bertz CT molecular complexity index is 1010. The van der Waals surface area contributed by atoms with Crippen molar-refractivity contribution in [1.29, 1.82) is 0 Å². The molecule has 0 radical (unpaired) electrons. The Balaban J connectivity index is 1.93. The van der Waals surface area contributed by atoms with Gasteiger partial charge in [0, 0.05) is 11.8 Å². The van der Waals surface area contributed by atoms with Crippen molar-refractivity contribution in [2.24, 2.45) is 5.10 Å². The standard InChI is InChI=1S/C21H22BrN3O7/c1-29-15-6-4-5-14(9-15)24-18(26)10-19(27)25-23-11-13-7-16(22)21(17(8-13)30-2)32-12-20(28)31-3/h4-9,11H,10,12H2,1-3H3,(H,24,26)(H,25,27). The van der Waals surface area contributed by atoms with Crippen LogP contribution >= 0.6 is 15.9 Å². The molecular weight excluding hydrogens is 486 g/mol. The molecule has 32 heavy (non-hydrogen) atoms. The molecule has 0 atom stereocenters. The lowest BCUT2D eigenvalue weighted by Gasteiger charge is -2.12. The molecule has 0 unspecified atom stereocenters. The van der Waals surface area contributed by atoms with E-state index in [9.17, 15) is 14.4 Å². The maximum absolute atomic E-state index is 12.0. The second-order valence-corrected chi connectivity index (χ2v) is 7.00. The molecule has 0 bridgehead atoms. The van der Waals surface area contributed by atoms with Crippen molar-refractivity contribution in [3.63, 3.8) is 0 Å². The van der Waals surface area contributed by atoms with Crippen molar-refractivity contribution in [2.75, 3.05) is 33.3 Å². The van der Waals surface area contributed by atoms with Crippen molar-refractivity contribution in [3.05, 3.63) is 46.4 Å². The van der Waals surface area contributed by atoms with E-state index in [0.717, 1.165) is 0 Å². The molecule has 0 aliphatic carbocycles. The highest BCUT2D eigenvalue weighted by molar-refractivity contribution is 9.10. The minimum absolute atomic E-state index is 0.285. The molecular formula is C21H22BrN3O7. The molecule has 2 aromatic carbocycles. The molecule has 0 saturated carbocycles. The summed E-state index contributed by atoms with van der Waals surface area (Å²) in [5.74, 6) is -0.391. The van der Waals surface area contributed by atoms with E-state index in [1.807, 2.05) is 0 Å². The number of amides is 2. The number of esters is 1. The van der Waals surface area contributed by atoms with Gasteiger partial charge in [-0.25, -0.2) is 10.2 Å². The molecule has 170 valence electrons. The second-order valence-electron chi connectivity index (χ2n) is 6.15. The summed E-state index contributed by atoms with van der Waals surface area (Å²) in [5.41, 5.74) is 3.37. The highest BCUT2D eigenvalue weighted by atomic mass is 79.9. The van der Waals surface area contributed by atoms with Crippen LogP contribution in [0.4, 0.5) is 5.69 Å². The Kier molecular flexibility index (Phi) is 9.48. The highest BCUT2D eigenvalue weighted by Gasteiger charge is 2.14. The molecule has 0 spiro atoms. The minimum Gasteiger partial charge on any atom is -0.497 e. The van der Waals surface area contributed by atoms with Gasteiger partial charge in [-0.05, 0) is 45.8 Å². The van der Waals surface area contributed by atoms with Crippen LogP contribution in [0.3, 0.4) is 0 Å². The van der Waals surface area contributed by atoms with Gasteiger partial charge in [-0.15, -0.1) is 0 Å². The SMILES string of the molecule is COC(=O)COc1c(Br)cc(C=NNC(=O)CC(=O)Nc2cccc(OC)c2)cc1OC. The van der Waals surface area contributed by atoms with Crippen LogP contribution < -0.4 is 25.0 Å². The molecule has 2 rings (SSSR count). The third-order valence-corrected chi connectivity index (χ3v) is 4.48. The number of nitrogens with one attached hydrogen (secondary N) is 2. The smallest absolute Gasteiger partial charge is 0.343 e. The molecule has 11 heteroatoms. The van der Waals surface area contributed by atoms with Gasteiger partial charge in [-0.1, -0.05) is 6.07 Å². The van der Waals surface area contributed by atoms with Crippen LogP contribution in [0.5, 0.6) is 17.2 Å². The third kappa shape index (κ3) is 7.58. The first-order valence-corrected chi connectivity index (χ1v) is 9.98. The minimum atomic E-state index is -0.592. The lowest BCUT2D eigenvalue weighted by atomic mass is 10.2. The number of ether oxygens (including phenoxy) is 4.